The van der Waals surface area contributed by atoms with Gasteiger partial charge < -0.3 is 0 Å². The molecule has 0 aliphatic heterocycles. The van der Waals surface area contributed by atoms with E-state index in [1.165, 1.54) is 5.51 Å². The van der Waals surface area contributed by atoms with Crippen molar-refractivity contribution in [3.63, 3.8) is 0 Å². The Morgan fingerprint density at radius 1 is 1.70 bits per heavy atom. The SMILES string of the molecule is CCS(=O)(=O)c1nncs1. The van der Waals surface area contributed by atoms with Crippen LogP contribution in [0.3, 0.4) is 0 Å². The van der Waals surface area contributed by atoms with Gasteiger partial charge in [0.25, 0.3) is 0 Å². The monoisotopic (exact) mass is 178 g/mol. The van der Waals surface area contributed by atoms with Crippen molar-refractivity contribution in [2.24, 2.45) is 0 Å². The molecular formula is C4H6N2O2S2. The Hall–Kier alpha value is -0.490. The highest BCUT2D eigenvalue weighted by Gasteiger charge is 2.14. The van der Waals surface area contributed by atoms with Crippen LogP contribution >= 0.6 is 11.3 Å². The summed E-state index contributed by atoms with van der Waals surface area (Å²) >= 11 is 1.04. The van der Waals surface area contributed by atoms with Gasteiger partial charge in [0, 0.05) is 0 Å². The summed E-state index contributed by atoms with van der Waals surface area (Å²) in [7, 11) is -3.11. The zero-order valence-electron chi connectivity index (χ0n) is 5.31. The highest BCUT2D eigenvalue weighted by atomic mass is 32.2. The van der Waals surface area contributed by atoms with Crippen LogP contribution in [0.2, 0.25) is 0 Å². The fraction of sp³-hybridized carbons (Fsp3) is 0.500. The van der Waals surface area contributed by atoms with E-state index >= 15 is 0 Å². The third-order valence-electron chi connectivity index (χ3n) is 0.986. The van der Waals surface area contributed by atoms with Gasteiger partial charge in [-0.25, -0.2) is 8.42 Å². The molecule has 10 heavy (non-hydrogen) atoms. The van der Waals surface area contributed by atoms with Crippen molar-refractivity contribution in [1.29, 1.82) is 0 Å². The maximum atomic E-state index is 11.0. The van der Waals surface area contributed by atoms with Crippen LogP contribution < -0.4 is 0 Å². The van der Waals surface area contributed by atoms with Crippen LogP contribution in [0.1, 0.15) is 6.92 Å². The van der Waals surface area contributed by atoms with Crippen molar-refractivity contribution in [3.8, 4) is 0 Å². The highest BCUT2D eigenvalue weighted by Crippen LogP contribution is 2.10. The van der Waals surface area contributed by atoms with Gasteiger partial charge in [0.15, 0.2) is 0 Å². The Balaban J connectivity index is 3.09. The lowest BCUT2D eigenvalue weighted by atomic mass is 11.0. The topological polar surface area (TPSA) is 59.9 Å². The molecule has 0 fully saturated rings. The Morgan fingerprint density at radius 3 is 2.80 bits per heavy atom. The molecule has 0 atom stereocenters. The first-order chi connectivity index (χ1) is 4.67. The van der Waals surface area contributed by atoms with E-state index in [0.717, 1.165) is 11.3 Å². The Labute approximate surface area is 62.8 Å². The van der Waals surface area contributed by atoms with Crippen LogP contribution in [-0.2, 0) is 9.84 Å². The molecule has 1 aromatic heterocycles. The van der Waals surface area contributed by atoms with Crippen molar-refractivity contribution in [2.75, 3.05) is 5.75 Å². The molecule has 0 bridgehead atoms. The molecule has 0 spiro atoms. The minimum Gasteiger partial charge on any atom is -0.221 e. The largest absolute Gasteiger partial charge is 0.232 e. The maximum Gasteiger partial charge on any atom is 0.232 e. The van der Waals surface area contributed by atoms with Gasteiger partial charge in [0.05, 0.1) is 5.75 Å². The van der Waals surface area contributed by atoms with Crippen molar-refractivity contribution in [1.82, 2.24) is 10.2 Å². The predicted octanol–water partition coefficient (Wildman–Crippen LogP) is 0.332. The van der Waals surface area contributed by atoms with E-state index in [9.17, 15) is 8.42 Å². The van der Waals surface area contributed by atoms with Crippen LogP contribution in [0.25, 0.3) is 0 Å². The predicted molar refractivity (Wildman–Crippen MR) is 37.6 cm³/mol. The average Bonchev–Trinajstić information content (AvgIpc) is 2.38. The molecule has 0 N–H and O–H groups in total. The molecule has 0 amide bonds. The summed E-state index contributed by atoms with van der Waals surface area (Å²) in [4.78, 5) is 0. The molecule has 0 aliphatic rings. The zero-order valence-corrected chi connectivity index (χ0v) is 6.94. The Kier molecular flexibility index (Phi) is 2.00. The van der Waals surface area contributed by atoms with Crippen molar-refractivity contribution < 1.29 is 8.42 Å². The molecule has 1 aromatic rings. The van der Waals surface area contributed by atoms with Gasteiger partial charge in [-0.1, -0.05) is 18.3 Å². The van der Waals surface area contributed by atoms with Gasteiger partial charge >= 0.3 is 0 Å². The highest BCUT2D eigenvalue weighted by molar-refractivity contribution is 7.93. The summed E-state index contributed by atoms with van der Waals surface area (Å²) in [6.45, 7) is 1.58. The first-order valence-corrected chi connectivity index (χ1v) is 5.19. The molecule has 0 unspecified atom stereocenters. The summed E-state index contributed by atoms with van der Waals surface area (Å²) in [5.74, 6) is 0.0855. The van der Waals surface area contributed by atoms with E-state index < -0.39 is 9.84 Å². The lowest BCUT2D eigenvalue weighted by Crippen LogP contribution is -2.02. The third kappa shape index (κ3) is 1.32. The summed E-state index contributed by atoms with van der Waals surface area (Å²) in [6.07, 6.45) is 0. The maximum absolute atomic E-state index is 11.0. The first kappa shape index (κ1) is 7.62. The molecular weight excluding hydrogens is 172 g/mol. The lowest BCUT2D eigenvalue weighted by molar-refractivity contribution is 0.595. The van der Waals surface area contributed by atoms with Gasteiger partial charge in [-0.2, -0.15) is 0 Å². The van der Waals surface area contributed by atoms with Crippen LogP contribution in [0.4, 0.5) is 0 Å². The number of sulfone groups is 1. The smallest absolute Gasteiger partial charge is 0.221 e. The summed E-state index contributed by atoms with van der Waals surface area (Å²) < 4.78 is 22.0. The standard InChI is InChI=1S/C4H6N2O2S2/c1-2-10(7,8)4-6-5-3-9-4/h3H,2H2,1H3. The van der Waals surface area contributed by atoms with Crippen LogP contribution in [0.5, 0.6) is 0 Å². The van der Waals surface area contributed by atoms with Gasteiger partial charge in [-0.3, -0.25) is 0 Å². The number of rotatable bonds is 2. The number of hydrogen-bond donors (Lipinski definition) is 0. The van der Waals surface area contributed by atoms with Crippen LogP contribution in [-0.4, -0.2) is 24.4 Å². The van der Waals surface area contributed by atoms with Crippen molar-refractivity contribution >= 4 is 21.2 Å². The van der Waals surface area contributed by atoms with Crippen LogP contribution in [0.15, 0.2) is 9.85 Å². The molecule has 0 radical (unpaired) electrons. The second kappa shape index (κ2) is 2.63. The van der Waals surface area contributed by atoms with E-state index in [1.807, 2.05) is 0 Å². The Morgan fingerprint density at radius 2 is 2.40 bits per heavy atom. The molecule has 56 valence electrons. The van der Waals surface area contributed by atoms with E-state index in [4.69, 9.17) is 0 Å². The van der Waals surface area contributed by atoms with E-state index in [0.29, 0.717) is 0 Å². The number of nitrogens with zero attached hydrogens (tertiary/aromatic N) is 2. The fourth-order valence-corrected chi connectivity index (χ4v) is 2.19. The number of aromatic nitrogens is 2. The zero-order chi connectivity index (χ0) is 7.61. The molecule has 0 aliphatic carbocycles. The Bertz CT molecular complexity index is 289. The number of hydrogen-bond acceptors (Lipinski definition) is 5. The van der Waals surface area contributed by atoms with Gasteiger partial charge in [0.2, 0.25) is 14.2 Å². The van der Waals surface area contributed by atoms with Gasteiger partial charge in [-0.05, 0) is 0 Å². The van der Waals surface area contributed by atoms with E-state index in [1.54, 1.807) is 6.92 Å². The quantitative estimate of drug-likeness (QED) is 0.655. The minimum absolute atomic E-state index is 0.0855. The average molecular weight is 178 g/mol. The molecule has 1 rings (SSSR count). The van der Waals surface area contributed by atoms with Crippen LogP contribution in [0, 0.1) is 0 Å². The molecule has 4 nitrogen and oxygen atoms in total. The summed E-state index contributed by atoms with van der Waals surface area (Å²) in [5.41, 5.74) is 1.41. The van der Waals surface area contributed by atoms with Crippen molar-refractivity contribution in [2.45, 2.75) is 11.3 Å². The third-order valence-corrected chi connectivity index (χ3v) is 3.89. The van der Waals surface area contributed by atoms with Gasteiger partial charge in [0.1, 0.15) is 5.51 Å². The molecule has 1 heterocycles. The molecule has 0 saturated heterocycles. The first-order valence-electron chi connectivity index (χ1n) is 2.65. The lowest BCUT2D eigenvalue weighted by Gasteiger charge is -1.89. The summed E-state index contributed by atoms with van der Waals surface area (Å²) in [5, 5.41) is 6.87. The van der Waals surface area contributed by atoms with E-state index in [2.05, 4.69) is 10.2 Å². The second-order valence-electron chi connectivity index (χ2n) is 1.61. The fourth-order valence-electron chi connectivity index (χ4n) is 0.422. The summed E-state index contributed by atoms with van der Waals surface area (Å²) in [6, 6.07) is 0. The normalized spacial score (nSPS) is 11.7. The minimum atomic E-state index is -3.11. The molecule has 6 heteroatoms. The van der Waals surface area contributed by atoms with E-state index in [-0.39, 0.29) is 10.1 Å². The van der Waals surface area contributed by atoms with Gasteiger partial charge in [-0.15, -0.1) is 10.2 Å². The molecule has 0 aromatic carbocycles. The second-order valence-corrected chi connectivity index (χ2v) is 4.89. The molecule has 0 saturated carbocycles. The van der Waals surface area contributed by atoms with Crippen molar-refractivity contribution in [3.05, 3.63) is 5.51 Å².